The van der Waals surface area contributed by atoms with E-state index in [-0.39, 0.29) is 0 Å². The number of fused-ring (bicyclic) bond motifs is 16. The van der Waals surface area contributed by atoms with Crippen molar-refractivity contribution in [3.8, 4) is 67.5 Å². The number of rotatable bonds is 6. The summed E-state index contributed by atoms with van der Waals surface area (Å²) >= 11 is 0. The number of ether oxygens (including phenoxy) is 2. The van der Waals surface area contributed by atoms with Gasteiger partial charge >= 0.3 is 0 Å². The van der Waals surface area contributed by atoms with Gasteiger partial charge in [-0.05, 0) is 223 Å². The Morgan fingerprint density at radius 2 is 0.469 bits per heavy atom. The first-order valence-corrected chi connectivity index (χ1v) is 34.1. The standard InChI is InChI=1S/C94H64N2O2/c1-57-21-5-9-25-67(57)63-41-49-83-77(53-63)93(73-29-13-17-33-87(73)97-88-34-18-14-30-74(88)93)78-54-64(68-26-10-6-22-58(68)2)42-50-84(78)95(83)81-47-39-61-38-46-72-82(48-40-62-37-45-71(81)91(61)92(62)72)96-85-51-43-65(69-27-11-7-23-59(69)3)55-79(85)94(75-31-15-19-35-89(75)98-90-36-20-16-32-76(90)94)80-56-66(44-52-86(80)96)70-28-12-8-24-60(70)4/h5-56H,1-4H3. The van der Waals surface area contributed by atoms with Gasteiger partial charge in [0.05, 0.1) is 45.0 Å². The second-order valence-corrected chi connectivity index (χ2v) is 27.1. The summed E-state index contributed by atoms with van der Waals surface area (Å²) in [5.41, 5.74) is 28.7. The first kappa shape index (κ1) is 56.1. The van der Waals surface area contributed by atoms with Crippen LogP contribution in [0, 0.1) is 27.7 Å². The van der Waals surface area contributed by atoms with E-state index in [0.29, 0.717) is 0 Å². The number of nitrogens with zero attached hydrogens (tertiary/aromatic N) is 2. The summed E-state index contributed by atoms with van der Waals surface area (Å²) < 4.78 is 14.0. The molecule has 0 saturated carbocycles. The van der Waals surface area contributed by atoms with Crippen LogP contribution in [0.3, 0.4) is 0 Å². The maximum atomic E-state index is 7.02. The van der Waals surface area contributed by atoms with Gasteiger partial charge in [-0.1, -0.05) is 231 Å². The van der Waals surface area contributed by atoms with Crippen LogP contribution in [0.4, 0.5) is 34.1 Å². The Morgan fingerprint density at radius 3 is 0.755 bits per heavy atom. The fourth-order valence-electron chi connectivity index (χ4n) is 17.8. The predicted octanol–water partition coefficient (Wildman–Crippen LogP) is 25.0. The van der Waals surface area contributed by atoms with Crippen LogP contribution in [-0.2, 0) is 10.8 Å². The van der Waals surface area contributed by atoms with E-state index < -0.39 is 10.8 Å². The van der Waals surface area contributed by atoms with Crippen LogP contribution < -0.4 is 19.3 Å². The molecular weight excluding hydrogens is 1190 g/mol. The van der Waals surface area contributed by atoms with Gasteiger partial charge in [-0.2, -0.15) is 0 Å². The molecule has 0 aliphatic carbocycles. The molecule has 4 aliphatic rings. The quantitative estimate of drug-likeness (QED) is 0.155. The van der Waals surface area contributed by atoms with Crippen LogP contribution in [0.1, 0.15) is 66.8 Å². The molecule has 20 rings (SSSR count). The maximum Gasteiger partial charge on any atom is 0.132 e. The minimum absolute atomic E-state index is 0.807. The summed E-state index contributed by atoms with van der Waals surface area (Å²) in [6.45, 7) is 8.91. The van der Waals surface area contributed by atoms with E-state index in [4.69, 9.17) is 9.47 Å². The third kappa shape index (κ3) is 7.77. The van der Waals surface area contributed by atoms with Gasteiger partial charge < -0.3 is 19.3 Å². The minimum Gasteiger partial charge on any atom is -0.457 e. The van der Waals surface area contributed by atoms with E-state index in [1.807, 2.05) is 0 Å². The third-order valence-corrected chi connectivity index (χ3v) is 22.1. The van der Waals surface area contributed by atoms with Gasteiger partial charge in [0.25, 0.3) is 0 Å². The Hall–Kier alpha value is -12.2. The van der Waals surface area contributed by atoms with Crippen molar-refractivity contribution in [3.63, 3.8) is 0 Å². The van der Waals surface area contributed by atoms with Crippen molar-refractivity contribution >= 4 is 66.4 Å². The van der Waals surface area contributed by atoms with Gasteiger partial charge in [0.2, 0.25) is 0 Å². The maximum absolute atomic E-state index is 7.02. The Kier molecular flexibility index (Phi) is 12.1. The molecule has 0 fully saturated rings. The molecule has 16 aromatic carbocycles. The summed E-state index contributed by atoms with van der Waals surface area (Å²) in [5, 5.41) is 7.16. The summed E-state index contributed by atoms with van der Waals surface area (Å²) in [6.07, 6.45) is 0. The molecule has 4 heteroatoms. The topological polar surface area (TPSA) is 24.9 Å². The second-order valence-electron chi connectivity index (χ2n) is 27.1. The number of benzene rings is 16. The summed E-state index contributed by atoms with van der Waals surface area (Å²) in [5.74, 6) is 3.42. The fraction of sp³-hybridized carbons (Fsp3) is 0.0638. The highest BCUT2D eigenvalue weighted by Crippen LogP contribution is 2.67. The predicted molar refractivity (Wildman–Crippen MR) is 404 cm³/mol. The molecule has 0 atom stereocenters. The highest BCUT2D eigenvalue weighted by Gasteiger charge is 2.54. The zero-order valence-electron chi connectivity index (χ0n) is 54.7. The van der Waals surface area contributed by atoms with Gasteiger partial charge in [-0.25, -0.2) is 0 Å². The molecule has 4 nitrogen and oxygen atoms in total. The molecule has 98 heavy (non-hydrogen) atoms. The fourth-order valence-corrected chi connectivity index (χ4v) is 17.8. The largest absolute Gasteiger partial charge is 0.457 e. The minimum atomic E-state index is -0.807. The van der Waals surface area contributed by atoms with Gasteiger partial charge in [0, 0.05) is 33.0 Å². The monoisotopic (exact) mass is 1250 g/mol. The molecule has 0 unspecified atom stereocenters. The summed E-state index contributed by atoms with van der Waals surface area (Å²) in [6, 6.07) is 118. The van der Waals surface area contributed by atoms with E-state index in [9.17, 15) is 0 Å². The van der Waals surface area contributed by atoms with Crippen LogP contribution >= 0.6 is 0 Å². The van der Waals surface area contributed by atoms with Crippen molar-refractivity contribution in [3.05, 3.63) is 382 Å². The number of anilines is 6. The Balaban J connectivity index is 0.866. The average Bonchev–Trinajstić information content (AvgIpc) is 0.682. The number of hydrogen-bond acceptors (Lipinski definition) is 4. The second kappa shape index (κ2) is 21.1. The van der Waals surface area contributed by atoms with Crippen LogP contribution in [0.15, 0.2) is 315 Å². The van der Waals surface area contributed by atoms with E-state index >= 15 is 0 Å². The highest BCUT2D eigenvalue weighted by atomic mass is 16.5. The van der Waals surface area contributed by atoms with Crippen molar-refractivity contribution in [2.45, 2.75) is 38.5 Å². The normalized spacial score (nSPS) is 14.0. The first-order chi connectivity index (χ1) is 48.2. The molecule has 2 spiro atoms. The summed E-state index contributed by atoms with van der Waals surface area (Å²) in [4.78, 5) is 5.18. The Labute approximate surface area is 570 Å². The van der Waals surface area contributed by atoms with Gasteiger partial charge in [-0.3, -0.25) is 0 Å². The molecule has 16 aromatic rings. The van der Waals surface area contributed by atoms with Crippen molar-refractivity contribution in [1.82, 2.24) is 0 Å². The molecule has 0 amide bonds. The first-order valence-electron chi connectivity index (χ1n) is 34.1. The molecule has 0 aromatic heterocycles. The lowest BCUT2D eigenvalue weighted by Gasteiger charge is -2.49. The average molecular weight is 1250 g/mol. The van der Waals surface area contributed by atoms with Crippen LogP contribution in [-0.4, -0.2) is 0 Å². The molecule has 4 heterocycles. The van der Waals surface area contributed by atoms with Crippen molar-refractivity contribution in [2.24, 2.45) is 0 Å². The number of hydrogen-bond donors (Lipinski definition) is 0. The zero-order valence-corrected chi connectivity index (χ0v) is 54.7. The number of para-hydroxylation sites is 4. The Bertz CT molecular complexity index is 5390. The molecule has 0 saturated heterocycles. The molecule has 0 bridgehead atoms. The molecule has 0 radical (unpaired) electrons. The van der Waals surface area contributed by atoms with Crippen LogP contribution in [0.25, 0.3) is 76.8 Å². The number of aryl methyl sites for hydroxylation is 4. The van der Waals surface area contributed by atoms with E-state index in [2.05, 4.69) is 353 Å². The van der Waals surface area contributed by atoms with Gasteiger partial charge in [0.15, 0.2) is 0 Å². The van der Waals surface area contributed by atoms with Crippen molar-refractivity contribution in [2.75, 3.05) is 9.80 Å². The lowest BCUT2D eigenvalue weighted by atomic mass is 9.60. The van der Waals surface area contributed by atoms with Gasteiger partial charge in [-0.15, -0.1) is 0 Å². The Morgan fingerprint density at radius 1 is 0.224 bits per heavy atom. The lowest BCUT2D eigenvalue weighted by Crippen LogP contribution is -2.40. The van der Waals surface area contributed by atoms with Crippen LogP contribution in [0.2, 0.25) is 0 Å². The summed E-state index contributed by atoms with van der Waals surface area (Å²) in [7, 11) is 0. The third-order valence-electron chi connectivity index (χ3n) is 22.1. The van der Waals surface area contributed by atoms with Crippen molar-refractivity contribution in [1.29, 1.82) is 0 Å². The molecule has 4 aliphatic heterocycles. The smallest absolute Gasteiger partial charge is 0.132 e. The van der Waals surface area contributed by atoms with Crippen LogP contribution in [0.5, 0.6) is 23.0 Å². The van der Waals surface area contributed by atoms with Gasteiger partial charge in [0.1, 0.15) is 23.0 Å². The lowest BCUT2D eigenvalue weighted by molar-refractivity contribution is 0.434. The zero-order chi connectivity index (χ0) is 65.1. The molecular formula is C94H64N2O2. The highest BCUT2D eigenvalue weighted by molar-refractivity contribution is 6.28. The molecule has 0 N–H and O–H groups in total. The SMILES string of the molecule is Cc1ccccc1-c1ccc2c(c1)C1(c3ccccc3Oc3ccccc31)c1cc(-c3ccccc3C)ccc1N2c1ccc2ccc3c(N4c5ccc(-c6ccccc6C)cc5C5(c6ccccc6Oc6ccccc65)c5cc(-c6ccccc6C)ccc54)ccc4ccc1c2c43. The van der Waals surface area contributed by atoms with E-state index in [1.54, 1.807) is 0 Å². The van der Waals surface area contributed by atoms with E-state index in [1.165, 1.54) is 121 Å². The van der Waals surface area contributed by atoms with E-state index in [0.717, 1.165) is 79.4 Å². The van der Waals surface area contributed by atoms with Crippen molar-refractivity contribution < 1.29 is 9.47 Å². The molecule has 462 valence electrons.